The van der Waals surface area contributed by atoms with Gasteiger partial charge >= 0.3 is 0 Å². The Labute approximate surface area is 166 Å². The maximum absolute atomic E-state index is 9.82. The molecule has 0 aliphatic carbocycles. The molecule has 8 heteroatoms. The van der Waals surface area contributed by atoms with Gasteiger partial charge < -0.3 is 9.80 Å². The van der Waals surface area contributed by atoms with Crippen molar-refractivity contribution in [3.05, 3.63) is 48.3 Å². The molecule has 3 aromatic rings. The molecule has 1 aromatic heterocycles. The first-order chi connectivity index (χ1) is 12.4. The Morgan fingerprint density at radius 2 is 1.54 bits per heavy atom. The quantitative estimate of drug-likeness (QED) is 0.447. The lowest BCUT2D eigenvalue weighted by Gasteiger charge is -2.22. The number of nitrogens with zero attached hydrogens (tertiary/aromatic N) is 5. The second-order valence-electron chi connectivity index (χ2n) is 6.11. The Balaban J connectivity index is 2.09. The monoisotopic (exact) mass is 465 g/mol. The van der Waals surface area contributed by atoms with Crippen LogP contribution in [0.3, 0.4) is 0 Å². The van der Waals surface area contributed by atoms with E-state index in [0.29, 0.717) is 16.7 Å². The van der Waals surface area contributed by atoms with Crippen LogP contribution < -0.4 is 15.0 Å². The molecule has 0 aliphatic heterocycles. The van der Waals surface area contributed by atoms with Gasteiger partial charge in [0, 0.05) is 37.9 Å². The van der Waals surface area contributed by atoms with Gasteiger partial charge in [0.2, 0.25) is 0 Å². The van der Waals surface area contributed by atoms with Crippen molar-refractivity contribution < 1.29 is 8.37 Å². The SMILES string of the molecule is Cc1nc(N(C)c2ccc(N(C)C)cc2)c2cc(N(O)OI)ccc2n1. The van der Waals surface area contributed by atoms with Gasteiger partial charge in [0.15, 0.2) is 0 Å². The summed E-state index contributed by atoms with van der Waals surface area (Å²) in [5, 5.41) is 11.3. The number of hydrogen-bond donors (Lipinski definition) is 1. The third-order valence-electron chi connectivity index (χ3n) is 4.13. The fraction of sp³-hybridized carbons (Fsp3) is 0.222. The Bertz CT molecular complexity index is 917. The Morgan fingerprint density at radius 1 is 0.923 bits per heavy atom. The highest BCUT2D eigenvalue weighted by Gasteiger charge is 2.14. The van der Waals surface area contributed by atoms with E-state index in [4.69, 9.17) is 3.17 Å². The van der Waals surface area contributed by atoms with Crippen molar-refractivity contribution in [1.82, 2.24) is 9.97 Å². The van der Waals surface area contributed by atoms with Gasteiger partial charge in [-0.3, -0.25) is 5.21 Å². The highest BCUT2D eigenvalue weighted by Crippen LogP contribution is 2.32. The Kier molecular flexibility index (Phi) is 5.44. The lowest BCUT2D eigenvalue weighted by molar-refractivity contribution is 0.0911. The predicted molar refractivity (Wildman–Crippen MR) is 112 cm³/mol. The second kappa shape index (κ2) is 7.60. The molecule has 0 amide bonds. The summed E-state index contributed by atoms with van der Waals surface area (Å²) < 4.78 is 4.83. The van der Waals surface area contributed by atoms with Gasteiger partial charge in [-0.15, -0.1) is 5.23 Å². The molecule has 0 spiro atoms. The van der Waals surface area contributed by atoms with Crippen molar-refractivity contribution in [1.29, 1.82) is 0 Å². The molecule has 0 saturated carbocycles. The van der Waals surface area contributed by atoms with Gasteiger partial charge in [-0.05, 0) is 49.4 Å². The van der Waals surface area contributed by atoms with Crippen LogP contribution in [-0.4, -0.2) is 36.3 Å². The third kappa shape index (κ3) is 3.67. The lowest BCUT2D eigenvalue weighted by Crippen LogP contribution is -2.15. The average Bonchev–Trinajstić information content (AvgIpc) is 2.65. The maximum atomic E-state index is 9.82. The van der Waals surface area contributed by atoms with Crippen molar-refractivity contribution in [3.63, 3.8) is 0 Å². The van der Waals surface area contributed by atoms with E-state index in [-0.39, 0.29) is 0 Å². The van der Waals surface area contributed by atoms with Crippen molar-refractivity contribution in [2.24, 2.45) is 0 Å². The number of aryl methyl sites for hydroxylation is 1. The number of fused-ring (bicyclic) bond motifs is 1. The standard InChI is InChI=1S/C18H20IN5O2/c1-12-20-17-10-9-15(24(25)26-19)11-16(17)18(21-12)23(4)14-7-5-13(6-8-14)22(2)3/h5-11,25H,1-4H3. The highest BCUT2D eigenvalue weighted by atomic mass is 127. The fourth-order valence-electron chi connectivity index (χ4n) is 2.72. The summed E-state index contributed by atoms with van der Waals surface area (Å²) in [5.41, 5.74) is 3.43. The molecule has 0 bridgehead atoms. The molecule has 0 fully saturated rings. The minimum atomic E-state index is 0.497. The zero-order chi connectivity index (χ0) is 18.8. The van der Waals surface area contributed by atoms with Gasteiger partial charge in [0.05, 0.1) is 11.2 Å². The van der Waals surface area contributed by atoms with E-state index in [1.807, 2.05) is 39.0 Å². The van der Waals surface area contributed by atoms with Crippen LogP contribution in [0.5, 0.6) is 0 Å². The number of halogens is 1. The van der Waals surface area contributed by atoms with E-state index < -0.39 is 0 Å². The molecule has 0 atom stereocenters. The summed E-state index contributed by atoms with van der Waals surface area (Å²) >= 11 is 1.62. The molecule has 0 saturated heterocycles. The number of benzene rings is 2. The van der Waals surface area contributed by atoms with Crippen LogP contribution >= 0.6 is 23.0 Å². The summed E-state index contributed by atoms with van der Waals surface area (Å²) in [5.74, 6) is 1.44. The van der Waals surface area contributed by atoms with E-state index >= 15 is 0 Å². The van der Waals surface area contributed by atoms with Crippen LogP contribution in [0, 0.1) is 6.92 Å². The topological polar surface area (TPSA) is 65.0 Å². The first kappa shape index (κ1) is 18.6. The zero-order valence-corrected chi connectivity index (χ0v) is 17.2. The summed E-state index contributed by atoms with van der Waals surface area (Å²) in [6.07, 6.45) is 0. The first-order valence-electron chi connectivity index (χ1n) is 7.98. The van der Waals surface area contributed by atoms with Crippen LogP contribution in [0.2, 0.25) is 0 Å². The minimum absolute atomic E-state index is 0.497. The Morgan fingerprint density at radius 3 is 2.15 bits per heavy atom. The summed E-state index contributed by atoms with van der Waals surface area (Å²) in [6.45, 7) is 1.87. The highest BCUT2D eigenvalue weighted by molar-refractivity contribution is 14.1. The van der Waals surface area contributed by atoms with E-state index in [1.54, 1.807) is 35.1 Å². The van der Waals surface area contributed by atoms with Crippen molar-refractivity contribution in [2.75, 3.05) is 36.2 Å². The van der Waals surface area contributed by atoms with Gasteiger partial charge in [-0.1, -0.05) is 0 Å². The largest absolute Gasteiger partial charge is 0.378 e. The van der Waals surface area contributed by atoms with Gasteiger partial charge in [-0.2, -0.15) is 3.17 Å². The first-order valence-corrected chi connectivity index (χ1v) is 8.86. The number of anilines is 4. The van der Waals surface area contributed by atoms with Crippen molar-refractivity contribution >= 4 is 56.8 Å². The molecule has 0 aliphatic rings. The van der Waals surface area contributed by atoms with Crippen LogP contribution in [0.15, 0.2) is 42.5 Å². The molecule has 1 heterocycles. The van der Waals surface area contributed by atoms with Gasteiger partial charge in [0.1, 0.15) is 34.6 Å². The van der Waals surface area contributed by atoms with E-state index in [1.165, 1.54) is 0 Å². The van der Waals surface area contributed by atoms with Crippen molar-refractivity contribution in [3.8, 4) is 0 Å². The van der Waals surface area contributed by atoms with Crippen LogP contribution in [0.1, 0.15) is 5.82 Å². The maximum Gasteiger partial charge on any atom is 0.148 e. The molecule has 7 nitrogen and oxygen atoms in total. The van der Waals surface area contributed by atoms with Crippen LogP contribution in [0.4, 0.5) is 22.9 Å². The summed E-state index contributed by atoms with van der Waals surface area (Å²) in [6, 6.07) is 13.6. The Hall–Kier alpha value is -2.17. The second-order valence-corrected chi connectivity index (χ2v) is 6.50. The number of rotatable bonds is 5. The molecule has 3 rings (SSSR count). The normalized spacial score (nSPS) is 10.8. The number of aromatic nitrogens is 2. The third-order valence-corrected chi connectivity index (χ3v) is 4.50. The van der Waals surface area contributed by atoms with Crippen molar-refractivity contribution in [2.45, 2.75) is 6.92 Å². The number of hydrogen-bond acceptors (Lipinski definition) is 7. The molecule has 1 N–H and O–H groups in total. The van der Waals surface area contributed by atoms with Crippen LogP contribution in [-0.2, 0) is 3.17 Å². The summed E-state index contributed by atoms with van der Waals surface area (Å²) in [4.78, 5) is 13.2. The molecular formula is C18H20IN5O2. The molecule has 2 aromatic carbocycles. The van der Waals surface area contributed by atoms with E-state index in [9.17, 15) is 5.21 Å². The van der Waals surface area contributed by atoms with Gasteiger partial charge in [0.25, 0.3) is 0 Å². The molecule has 26 heavy (non-hydrogen) atoms. The average molecular weight is 465 g/mol. The van der Waals surface area contributed by atoms with E-state index in [2.05, 4.69) is 39.1 Å². The summed E-state index contributed by atoms with van der Waals surface area (Å²) in [7, 11) is 5.98. The molecular weight excluding hydrogens is 445 g/mol. The zero-order valence-electron chi connectivity index (χ0n) is 15.0. The molecule has 0 unspecified atom stereocenters. The van der Waals surface area contributed by atoms with E-state index in [0.717, 1.165) is 28.1 Å². The smallest absolute Gasteiger partial charge is 0.148 e. The van der Waals surface area contributed by atoms with Gasteiger partial charge in [-0.25, -0.2) is 9.97 Å². The lowest BCUT2D eigenvalue weighted by atomic mass is 10.2. The predicted octanol–water partition coefficient (Wildman–Crippen LogP) is 4.25. The fourth-order valence-corrected chi connectivity index (χ4v) is 2.95. The minimum Gasteiger partial charge on any atom is -0.378 e. The molecule has 0 radical (unpaired) electrons. The van der Waals surface area contributed by atoms with Crippen LogP contribution in [0.25, 0.3) is 10.9 Å². The molecule has 136 valence electrons.